The first-order chi connectivity index (χ1) is 13.6. The van der Waals surface area contributed by atoms with Crippen molar-refractivity contribution in [1.29, 1.82) is 0 Å². The molecule has 0 unspecified atom stereocenters. The van der Waals surface area contributed by atoms with Crippen molar-refractivity contribution in [3.05, 3.63) is 42.0 Å². The van der Waals surface area contributed by atoms with E-state index in [0.29, 0.717) is 25.2 Å². The zero-order chi connectivity index (χ0) is 19.5. The minimum atomic E-state index is -0.00384. The molecule has 2 aromatic rings. The van der Waals surface area contributed by atoms with Gasteiger partial charge < -0.3 is 14.8 Å². The summed E-state index contributed by atoms with van der Waals surface area (Å²) in [5.41, 5.74) is 4.03. The molecule has 148 valence electrons. The fourth-order valence-electron chi connectivity index (χ4n) is 4.38. The van der Waals surface area contributed by atoms with E-state index in [1.165, 1.54) is 25.7 Å². The number of nitrogens with zero attached hydrogens (tertiary/aromatic N) is 3. The Morgan fingerprint density at radius 1 is 1.25 bits per heavy atom. The number of carbonyl (C=O) groups is 2. The first-order valence-corrected chi connectivity index (χ1v) is 10.3. The largest absolute Gasteiger partial charge is 0.338 e. The number of nitrogens with one attached hydrogen (secondary N) is 1. The minimum Gasteiger partial charge on any atom is -0.338 e. The van der Waals surface area contributed by atoms with Crippen LogP contribution in [0.15, 0.2) is 30.7 Å². The van der Waals surface area contributed by atoms with E-state index in [0.717, 1.165) is 35.6 Å². The molecule has 2 heterocycles. The molecule has 6 nitrogen and oxygen atoms in total. The molecule has 6 heteroatoms. The zero-order valence-corrected chi connectivity index (χ0v) is 16.5. The lowest BCUT2D eigenvalue weighted by Gasteiger charge is -2.32. The van der Waals surface area contributed by atoms with E-state index in [-0.39, 0.29) is 11.8 Å². The highest BCUT2D eigenvalue weighted by atomic mass is 16.2. The van der Waals surface area contributed by atoms with Crippen molar-refractivity contribution in [2.75, 3.05) is 16.8 Å². The first kappa shape index (κ1) is 18.7. The highest BCUT2D eigenvalue weighted by molar-refractivity contribution is 5.97. The molecule has 28 heavy (non-hydrogen) atoms. The Labute approximate surface area is 165 Å². The van der Waals surface area contributed by atoms with Crippen molar-refractivity contribution in [2.24, 2.45) is 13.0 Å². The van der Waals surface area contributed by atoms with Crippen LogP contribution in [0.4, 0.5) is 11.4 Å². The fraction of sp³-hybridized carbons (Fsp3) is 0.500. The molecule has 0 radical (unpaired) electrons. The van der Waals surface area contributed by atoms with Gasteiger partial charge in [-0.2, -0.15) is 0 Å². The summed E-state index contributed by atoms with van der Waals surface area (Å²) >= 11 is 0. The Kier molecular flexibility index (Phi) is 5.46. The van der Waals surface area contributed by atoms with Gasteiger partial charge >= 0.3 is 0 Å². The number of anilines is 2. The average molecular weight is 380 g/mol. The molecule has 1 N–H and O–H groups in total. The standard InChI is InChI=1S/C22H28N4O2/c1-25-15-23-13-19(25)8-10-21(27)24-18-7-9-20-17(12-18)6-11-22(28)26(20)14-16-4-2-3-5-16/h7,9,12-13,15-16H,2-6,8,10-11,14H2,1H3,(H,24,27). The monoisotopic (exact) mass is 380 g/mol. The number of hydrogen-bond donors (Lipinski definition) is 1. The molecule has 4 rings (SSSR count). The Hall–Kier alpha value is -2.63. The second-order valence-corrected chi connectivity index (χ2v) is 8.04. The van der Waals surface area contributed by atoms with Crippen LogP contribution in [0.5, 0.6) is 0 Å². The van der Waals surface area contributed by atoms with Crippen LogP contribution in [0.2, 0.25) is 0 Å². The zero-order valence-electron chi connectivity index (χ0n) is 16.5. The van der Waals surface area contributed by atoms with E-state index in [2.05, 4.69) is 10.3 Å². The lowest BCUT2D eigenvalue weighted by Crippen LogP contribution is -2.38. The van der Waals surface area contributed by atoms with Gasteiger partial charge in [0.15, 0.2) is 0 Å². The smallest absolute Gasteiger partial charge is 0.227 e. The molecule has 0 bridgehead atoms. The predicted octanol–water partition coefficient (Wildman–Crippen LogP) is 3.46. The average Bonchev–Trinajstić information content (AvgIpc) is 3.34. The quantitative estimate of drug-likeness (QED) is 0.834. The molecular weight excluding hydrogens is 352 g/mol. The van der Waals surface area contributed by atoms with E-state index in [4.69, 9.17) is 0 Å². The van der Waals surface area contributed by atoms with Gasteiger partial charge in [-0.1, -0.05) is 12.8 Å². The van der Waals surface area contributed by atoms with Gasteiger partial charge in [0, 0.05) is 49.7 Å². The first-order valence-electron chi connectivity index (χ1n) is 10.3. The van der Waals surface area contributed by atoms with Crippen LogP contribution >= 0.6 is 0 Å². The lowest BCUT2D eigenvalue weighted by atomic mass is 9.98. The van der Waals surface area contributed by atoms with Crippen LogP contribution in [0.25, 0.3) is 0 Å². The summed E-state index contributed by atoms with van der Waals surface area (Å²) in [6.45, 7) is 0.836. The van der Waals surface area contributed by atoms with E-state index in [9.17, 15) is 9.59 Å². The lowest BCUT2D eigenvalue weighted by molar-refractivity contribution is -0.119. The Morgan fingerprint density at radius 2 is 2.07 bits per heavy atom. The number of imidazole rings is 1. The molecule has 2 amide bonds. The Morgan fingerprint density at radius 3 is 2.82 bits per heavy atom. The second kappa shape index (κ2) is 8.17. The molecule has 1 aromatic carbocycles. The van der Waals surface area contributed by atoms with Gasteiger partial charge in [-0.15, -0.1) is 0 Å². The third-order valence-corrected chi connectivity index (χ3v) is 6.00. The normalized spacial score (nSPS) is 17.0. The number of benzene rings is 1. The maximum absolute atomic E-state index is 12.5. The molecule has 1 saturated carbocycles. The van der Waals surface area contributed by atoms with Crippen molar-refractivity contribution < 1.29 is 9.59 Å². The second-order valence-electron chi connectivity index (χ2n) is 8.04. The Bertz CT molecular complexity index is 867. The van der Waals surface area contributed by atoms with E-state index in [1.807, 2.05) is 34.7 Å². The van der Waals surface area contributed by atoms with E-state index >= 15 is 0 Å². The van der Waals surface area contributed by atoms with Crippen LogP contribution in [-0.4, -0.2) is 27.9 Å². The number of carbonyl (C=O) groups excluding carboxylic acids is 2. The van der Waals surface area contributed by atoms with Crippen molar-refractivity contribution in [1.82, 2.24) is 9.55 Å². The van der Waals surface area contributed by atoms with Crippen LogP contribution < -0.4 is 10.2 Å². The maximum atomic E-state index is 12.5. The van der Waals surface area contributed by atoms with Crippen LogP contribution in [0.3, 0.4) is 0 Å². The number of aryl methyl sites for hydroxylation is 3. The van der Waals surface area contributed by atoms with E-state index < -0.39 is 0 Å². The summed E-state index contributed by atoms with van der Waals surface area (Å²) in [4.78, 5) is 30.9. The van der Waals surface area contributed by atoms with E-state index in [1.54, 1.807) is 12.5 Å². The summed E-state index contributed by atoms with van der Waals surface area (Å²) < 4.78 is 1.93. The predicted molar refractivity (Wildman–Crippen MR) is 109 cm³/mol. The van der Waals surface area contributed by atoms with Gasteiger partial charge in [0.05, 0.1) is 6.33 Å². The molecule has 1 aliphatic carbocycles. The van der Waals surface area contributed by atoms with Gasteiger partial charge in [-0.25, -0.2) is 4.98 Å². The third-order valence-electron chi connectivity index (χ3n) is 6.00. The molecule has 1 aliphatic heterocycles. The molecule has 1 aromatic heterocycles. The van der Waals surface area contributed by atoms with Gasteiger partial charge in [0.2, 0.25) is 11.8 Å². The minimum absolute atomic E-state index is 0.00384. The summed E-state index contributed by atoms with van der Waals surface area (Å²) in [5.74, 6) is 0.851. The van der Waals surface area contributed by atoms with Gasteiger partial charge in [0.1, 0.15) is 0 Å². The highest BCUT2D eigenvalue weighted by Crippen LogP contribution is 2.33. The van der Waals surface area contributed by atoms with Gasteiger partial charge in [0.25, 0.3) is 0 Å². The molecule has 0 atom stereocenters. The van der Waals surface area contributed by atoms with Gasteiger partial charge in [-0.3, -0.25) is 9.59 Å². The number of aromatic nitrogens is 2. The maximum Gasteiger partial charge on any atom is 0.227 e. The number of hydrogen-bond acceptors (Lipinski definition) is 3. The molecular formula is C22H28N4O2. The van der Waals surface area contributed by atoms with Crippen LogP contribution in [-0.2, 0) is 29.5 Å². The summed E-state index contributed by atoms with van der Waals surface area (Å²) in [7, 11) is 1.93. The Balaban J connectivity index is 1.40. The molecule has 2 aliphatic rings. The SMILES string of the molecule is Cn1cncc1CCC(=O)Nc1ccc2c(c1)CCC(=O)N2CC1CCCC1. The van der Waals surface area contributed by atoms with Crippen molar-refractivity contribution in [3.63, 3.8) is 0 Å². The summed E-state index contributed by atoms with van der Waals surface area (Å²) in [6.07, 6.45) is 10.9. The van der Waals surface area contributed by atoms with Crippen LogP contribution in [0.1, 0.15) is 49.8 Å². The molecule has 1 fully saturated rings. The topological polar surface area (TPSA) is 67.2 Å². The third kappa shape index (κ3) is 4.11. The number of fused-ring (bicyclic) bond motifs is 1. The van der Waals surface area contributed by atoms with Crippen molar-refractivity contribution >= 4 is 23.2 Å². The molecule has 0 saturated heterocycles. The van der Waals surface area contributed by atoms with Crippen LogP contribution in [0, 0.1) is 5.92 Å². The van der Waals surface area contributed by atoms with Gasteiger partial charge in [-0.05, 0) is 55.4 Å². The van der Waals surface area contributed by atoms with Crippen molar-refractivity contribution in [2.45, 2.75) is 51.4 Å². The summed E-state index contributed by atoms with van der Waals surface area (Å²) in [6, 6.07) is 5.95. The number of rotatable bonds is 6. The van der Waals surface area contributed by atoms with Crippen molar-refractivity contribution in [3.8, 4) is 0 Å². The highest BCUT2D eigenvalue weighted by Gasteiger charge is 2.28. The fourth-order valence-corrected chi connectivity index (χ4v) is 4.38. The summed E-state index contributed by atoms with van der Waals surface area (Å²) in [5, 5.41) is 3.00. The number of amides is 2. The molecule has 0 spiro atoms.